The Balaban J connectivity index is 1.26. The summed E-state index contributed by atoms with van der Waals surface area (Å²) in [5.74, 6) is 1.38. The minimum absolute atomic E-state index is 0.0473. The number of ether oxygens (including phenoxy) is 2. The SMILES string of the molecule is COC(=O)C1CCCC1CN1CCC(COc2noc3cccc(O)c23)CC1. The predicted octanol–water partition coefficient (Wildman–Crippen LogP) is 3.21. The van der Waals surface area contributed by atoms with Crippen molar-refractivity contribution in [3.63, 3.8) is 0 Å². The molecule has 1 saturated heterocycles. The highest BCUT2D eigenvalue weighted by Crippen LogP contribution is 2.35. The maximum atomic E-state index is 11.9. The smallest absolute Gasteiger partial charge is 0.308 e. The lowest BCUT2D eigenvalue weighted by molar-refractivity contribution is -0.146. The van der Waals surface area contributed by atoms with Crippen LogP contribution in [0.1, 0.15) is 32.1 Å². The number of piperidine rings is 1. The van der Waals surface area contributed by atoms with Gasteiger partial charge in [-0.25, -0.2) is 0 Å². The van der Waals surface area contributed by atoms with E-state index in [9.17, 15) is 9.90 Å². The summed E-state index contributed by atoms with van der Waals surface area (Å²) in [5.41, 5.74) is 0.529. The van der Waals surface area contributed by atoms with Gasteiger partial charge in [-0.3, -0.25) is 4.79 Å². The maximum Gasteiger partial charge on any atom is 0.308 e. The van der Waals surface area contributed by atoms with Crippen LogP contribution in [0.2, 0.25) is 0 Å². The van der Waals surface area contributed by atoms with Crippen molar-refractivity contribution < 1.29 is 23.9 Å². The van der Waals surface area contributed by atoms with Crippen LogP contribution in [0.3, 0.4) is 0 Å². The van der Waals surface area contributed by atoms with E-state index in [1.54, 1.807) is 18.2 Å². The number of rotatable bonds is 6. The second kappa shape index (κ2) is 8.39. The summed E-state index contributed by atoms with van der Waals surface area (Å²) in [6, 6.07) is 5.09. The number of carbonyl (C=O) groups is 1. The van der Waals surface area contributed by atoms with Crippen LogP contribution in [-0.2, 0) is 9.53 Å². The lowest BCUT2D eigenvalue weighted by Crippen LogP contribution is -2.40. The summed E-state index contributed by atoms with van der Waals surface area (Å²) >= 11 is 0. The van der Waals surface area contributed by atoms with Gasteiger partial charge in [0.1, 0.15) is 11.1 Å². The number of likely N-dealkylation sites (tertiary alicyclic amines) is 1. The molecule has 0 spiro atoms. The number of esters is 1. The molecule has 7 nitrogen and oxygen atoms in total. The fourth-order valence-electron chi connectivity index (χ4n) is 4.63. The molecule has 1 aliphatic carbocycles. The zero-order valence-corrected chi connectivity index (χ0v) is 16.3. The molecule has 2 fully saturated rings. The van der Waals surface area contributed by atoms with Gasteiger partial charge in [0.2, 0.25) is 0 Å². The second-order valence-corrected chi connectivity index (χ2v) is 8.01. The maximum absolute atomic E-state index is 11.9. The van der Waals surface area contributed by atoms with Crippen LogP contribution in [0.15, 0.2) is 22.7 Å². The molecule has 4 rings (SSSR count). The first kappa shape index (κ1) is 19.1. The van der Waals surface area contributed by atoms with Crippen molar-refractivity contribution in [3.8, 4) is 11.6 Å². The van der Waals surface area contributed by atoms with E-state index in [0.29, 0.717) is 35.3 Å². The number of phenols is 1. The largest absolute Gasteiger partial charge is 0.507 e. The number of methoxy groups -OCH3 is 1. The number of hydrogen-bond acceptors (Lipinski definition) is 7. The lowest BCUT2D eigenvalue weighted by atomic mass is 9.93. The summed E-state index contributed by atoms with van der Waals surface area (Å²) in [7, 11) is 1.49. The van der Waals surface area contributed by atoms with E-state index in [1.807, 2.05) is 0 Å². The monoisotopic (exact) mass is 388 g/mol. The van der Waals surface area contributed by atoms with Crippen molar-refractivity contribution in [2.24, 2.45) is 17.8 Å². The first-order valence-corrected chi connectivity index (χ1v) is 10.2. The molecule has 0 amide bonds. The van der Waals surface area contributed by atoms with E-state index in [0.717, 1.165) is 51.7 Å². The predicted molar refractivity (Wildman–Crippen MR) is 103 cm³/mol. The Bertz CT molecular complexity index is 812. The Morgan fingerprint density at radius 2 is 2.11 bits per heavy atom. The van der Waals surface area contributed by atoms with Crippen LogP contribution >= 0.6 is 0 Å². The molecule has 2 aliphatic rings. The standard InChI is InChI=1S/C21H28N2O5/c1-26-21(25)16-5-2-4-15(16)12-23-10-8-14(9-11-23)13-27-20-19-17(24)6-3-7-18(19)28-22-20/h3,6-7,14-16,24H,2,4-5,8-13H2,1H3. The van der Waals surface area contributed by atoms with Crippen LogP contribution in [0.5, 0.6) is 11.6 Å². The Hall–Kier alpha value is -2.28. The summed E-state index contributed by atoms with van der Waals surface area (Å²) in [5, 5.41) is 14.5. The summed E-state index contributed by atoms with van der Waals surface area (Å²) in [6.07, 6.45) is 5.30. The van der Waals surface area contributed by atoms with Gasteiger partial charge >= 0.3 is 5.97 Å². The third-order valence-corrected chi connectivity index (χ3v) is 6.26. The molecule has 1 saturated carbocycles. The fraction of sp³-hybridized carbons (Fsp3) is 0.619. The number of nitrogens with zero attached hydrogens (tertiary/aromatic N) is 2. The van der Waals surface area contributed by atoms with Crippen molar-refractivity contribution >= 4 is 16.9 Å². The molecule has 7 heteroatoms. The Morgan fingerprint density at radius 3 is 2.89 bits per heavy atom. The summed E-state index contributed by atoms with van der Waals surface area (Å²) < 4.78 is 16.1. The van der Waals surface area contributed by atoms with Crippen LogP contribution in [-0.4, -0.2) is 54.5 Å². The number of carbonyl (C=O) groups excluding carboxylic acids is 1. The van der Waals surface area contributed by atoms with E-state index >= 15 is 0 Å². The van der Waals surface area contributed by atoms with Gasteiger partial charge in [0.25, 0.3) is 5.88 Å². The van der Waals surface area contributed by atoms with Crippen molar-refractivity contribution in [1.82, 2.24) is 10.1 Å². The van der Waals surface area contributed by atoms with Gasteiger partial charge in [0.05, 0.1) is 19.6 Å². The van der Waals surface area contributed by atoms with Crippen LogP contribution in [0, 0.1) is 17.8 Å². The van der Waals surface area contributed by atoms with E-state index in [-0.39, 0.29) is 17.6 Å². The number of phenolic OH excluding ortho intramolecular Hbond substituents is 1. The zero-order chi connectivity index (χ0) is 19.5. The highest BCUT2D eigenvalue weighted by atomic mass is 16.5. The van der Waals surface area contributed by atoms with E-state index < -0.39 is 0 Å². The van der Waals surface area contributed by atoms with E-state index in [4.69, 9.17) is 14.0 Å². The average Bonchev–Trinajstić information content (AvgIpc) is 3.34. The molecule has 2 aromatic rings. The van der Waals surface area contributed by atoms with Gasteiger partial charge in [0, 0.05) is 6.54 Å². The molecule has 0 bridgehead atoms. The molecule has 28 heavy (non-hydrogen) atoms. The zero-order valence-electron chi connectivity index (χ0n) is 16.3. The average molecular weight is 388 g/mol. The van der Waals surface area contributed by atoms with Gasteiger partial charge in [-0.05, 0) is 67.9 Å². The number of hydrogen-bond donors (Lipinski definition) is 1. The lowest BCUT2D eigenvalue weighted by Gasteiger charge is -2.34. The van der Waals surface area contributed by atoms with Crippen molar-refractivity contribution in [3.05, 3.63) is 18.2 Å². The van der Waals surface area contributed by atoms with Crippen LogP contribution in [0.25, 0.3) is 11.0 Å². The molecule has 1 N–H and O–H groups in total. The molecule has 1 aromatic heterocycles. The first-order valence-electron chi connectivity index (χ1n) is 10.2. The van der Waals surface area contributed by atoms with E-state index in [2.05, 4.69) is 10.1 Å². The first-order chi connectivity index (χ1) is 13.7. The molecular formula is C21H28N2O5. The van der Waals surface area contributed by atoms with Crippen LogP contribution < -0.4 is 4.74 Å². The van der Waals surface area contributed by atoms with Gasteiger partial charge < -0.3 is 24.0 Å². The minimum Gasteiger partial charge on any atom is -0.507 e. The minimum atomic E-state index is -0.0473. The van der Waals surface area contributed by atoms with Crippen molar-refractivity contribution in [2.75, 3.05) is 33.4 Å². The Kier molecular flexibility index (Phi) is 5.71. The van der Waals surface area contributed by atoms with Gasteiger partial charge in [0.15, 0.2) is 5.58 Å². The Morgan fingerprint density at radius 1 is 1.29 bits per heavy atom. The normalized spacial score (nSPS) is 23.9. The molecular weight excluding hydrogens is 360 g/mol. The number of aromatic nitrogens is 1. The molecule has 2 atom stereocenters. The van der Waals surface area contributed by atoms with Gasteiger partial charge in [-0.2, -0.15) is 0 Å². The second-order valence-electron chi connectivity index (χ2n) is 8.01. The van der Waals surface area contributed by atoms with Gasteiger partial charge in [-0.1, -0.05) is 12.5 Å². The summed E-state index contributed by atoms with van der Waals surface area (Å²) in [6.45, 7) is 3.58. The molecule has 1 aromatic carbocycles. The fourth-order valence-corrected chi connectivity index (χ4v) is 4.63. The summed E-state index contributed by atoms with van der Waals surface area (Å²) in [4.78, 5) is 14.4. The van der Waals surface area contributed by atoms with E-state index in [1.165, 1.54) is 7.11 Å². The number of aromatic hydroxyl groups is 1. The Labute approximate surface area is 164 Å². The molecule has 152 valence electrons. The third-order valence-electron chi connectivity index (χ3n) is 6.26. The molecule has 0 radical (unpaired) electrons. The topological polar surface area (TPSA) is 85.0 Å². The molecule has 2 unspecified atom stereocenters. The number of fused-ring (bicyclic) bond motifs is 1. The molecule has 2 heterocycles. The highest BCUT2D eigenvalue weighted by molar-refractivity contribution is 5.88. The highest BCUT2D eigenvalue weighted by Gasteiger charge is 2.35. The quantitative estimate of drug-likeness (QED) is 0.761. The van der Waals surface area contributed by atoms with Gasteiger partial charge in [-0.15, -0.1) is 0 Å². The third kappa shape index (κ3) is 3.94. The van der Waals surface area contributed by atoms with Crippen molar-refractivity contribution in [2.45, 2.75) is 32.1 Å². The number of benzene rings is 1. The van der Waals surface area contributed by atoms with Crippen LogP contribution in [0.4, 0.5) is 0 Å². The van der Waals surface area contributed by atoms with Crippen molar-refractivity contribution in [1.29, 1.82) is 0 Å². The molecule has 1 aliphatic heterocycles.